The molecule has 3 rings (SSSR count). The van der Waals surface area contributed by atoms with E-state index in [4.69, 9.17) is 0 Å². The van der Waals surface area contributed by atoms with Crippen molar-refractivity contribution in [2.45, 2.75) is 25.4 Å². The van der Waals surface area contributed by atoms with E-state index in [1.165, 1.54) is 17.0 Å². The Labute approximate surface area is 165 Å². The van der Waals surface area contributed by atoms with Crippen LogP contribution in [0.1, 0.15) is 39.1 Å². The molecular formula is C22H26FN3O2. The molecule has 0 aliphatic carbocycles. The first kappa shape index (κ1) is 20.0. The molecule has 0 spiro atoms. The molecule has 1 aliphatic rings. The van der Waals surface area contributed by atoms with Gasteiger partial charge in [-0.05, 0) is 48.7 Å². The van der Waals surface area contributed by atoms with Crippen molar-refractivity contribution < 1.29 is 14.0 Å². The Bertz CT molecular complexity index is 828. The van der Waals surface area contributed by atoms with Gasteiger partial charge in [0, 0.05) is 50.9 Å². The lowest BCUT2D eigenvalue weighted by Crippen LogP contribution is -2.44. The highest BCUT2D eigenvalue weighted by Gasteiger charge is 2.21. The number of nitrogens with zero attached hydrogens (tertiary/aromatic N) is 2. The minimum Gasteiger partial charge on any atom is -0.349 e. The van der Waals surface area contributed by atoms with Crippen molar-refractivity contribution in [1.29, 1.82) is 0 Å². The van der Waals surface area contributed by atoms with E-state index >= 15 is 0 Å². The number of piperidine rings is 1. The van der Waals surface area contributed by atoms with E-state index in [0.29, 0.717) is 11.1 Å². The molecular weight excluding hydrogens is 357 g/mol. The van der Waals surface area contributed by atoms with Crippen LogP contribution in [-0.4, -0.2) is 54.8 Å². The second kappa shape index (κ2) is 8.97. The van der Waals surface area contributed by atoms with Crippen molar-refractivity contribution in [2.24, 2.45) is 0 Å². The molecule has 2 amide bonds. The fraction of sp³-hybridized carbons (Fsp3) is 0.364. The SMILES string of the molecule is CN(C)C(=O)c1cccc(C(=O)NC2CCN(Cc3ccc(F)cc3)CC2)c1. The number of carbonyl (C=O) groups excluding carboxylic acids is 2. The van der Waals surface area contributed by atoms with Crippen molar-refractivity contribution in [3.63, 3.8) is 0 Å². The predicted molar refractivity (Wildman–Crippen MR) is 107 cm³/mol. The molecule has 0 bridgehead atoms. The largest absolute Gasteiger partial charge is 0.349 e. The third-order valence-corrected chi connectivity index (χ3v) is 5.02. The zero-order chi connectivity index (χ0) is 20.1. The summed E-state index contributed by atoms with van der Waals surface area (Å²) >= 11 is 0. The van der Waals surface area contributed by atoms with Crippen molar-refractivity contribution in [3.05, 3.63) is 71.0 Å². The van der Waals surface area contributed by atoms with Gasteiger partial charge in [-0.1, -0.05) is 18.2 Å². The average molecular weight is 383 g/mol. The Hall–Kier alpha value is -2.73. The first-order valence-electron chi connectivity index (χ1n) is 9.52. The molecule has 148 valence electrons. The van der Waals surface area contributed by atoms with Gasteiger partial charge in [0.2, 0.25) is 0 Å². The Balaban J connectivity index is 1.52. The summed E-state index contributed by atoms with van der Waals surface area (Å²) in [7, 11) is 3.38. The lowest BCUT2D eigenvalue weighted by Gasteiger charge is -2.32. The summed E-state index contributed by atoms with van der Waals surface area (Å²) in [6.45, 7) is 2.54. The zero-order valence-electron chi connectivity index (χ0n) is 16.3. The van der Waals surface area contributed by atoms with Gasteiger partial charge >= 0.3 is 0 Å². The molecule has 0 aromatic heterocycles. The topological polar surface area (TPSA) is 52.7 Å². The van der Waals surface area contributed by atoms with Crippen LogP contribution < -0.4 is 5.32 Å². The Kier molecular flexibility index (Phi) is 6.41. The predicted octanol–water partition coefficient (Wildman–Crippen LogP) is 2.92. The maximum absolute atomic E-state index is 13.0. The molecule has 0 radical (unpaired) electrons. The summed E-state index contributed by atoms with van der Waals surface area (Å²) in [5.74, 6) is -0.490. The highest BCUT2D eigenvalue weighted by atomic mass is 19.1. The highest BCUT2D eigenvalue weighted by molar-refractivity contribution is 5.99. The molecule has 0 unspecified atom stereocenters. The van der Waals surface area contributed by atoms with Gasteiger partial charge in [0.05, 0.1) is 0 Å². The van der Waals surface area contributed by atoms with Gasteiger partial charge in [-0.15, -0.1) is 0 Å². The molecule has 2 aromatic carbocycles. The maximum atomic E-state index is 13.0. The van der Waals surface area contributed by atoms with Gasteiger partial charge in [-0.2, -0.15) is 0 Å². The van der Waals surface area contributed by atoms with E-state index in [2.05, 4.69) is 10.2 Å². The summed E-state index contributed by atoms with van der Waals surface area (Å²) in [6.07, 6.45) is 1.73. The summed E-state index contributed by atoms with van der Waals surface area (Å²) in [4.78, 5) is 28.5. The molecule has 1 N–H and O–H groups in total. The van der Waals surface area contributed by atoms with Crippen molar-refractivity contribution in [3.8, 4) is 0 Å². The van der Waals surface area contributed by atoms with Gasteiger partial charge in [0.15, 0.2) is 0 Å². The second-order valence-electron chi connectivity index (χ2n) is 7.43. The molecule has 5 nitrogen and oxygen atoms in total. The average Bonchev–Trinajstić information content (AvgIpc) is 2.70. The summed E-state index contributed by atoms with van der Waals surface area (Å²) in [5.41, 5.74) is 2.10. The highest BCUT2D eigenvalue weighted by Crippen LogP contribution is 2.15. The van der Waals surface area contributed by atoms with E-state index in [1.54, 1.807) is 38.4 Å². The van der Waals surface area contributed by atoms with Crippen molar-refractivity contribution in [1.82, 2.24) is 15.1 Å². The van der Waals surface area contributed by atoms with Crippen LogP contribution in [0.25, 0.3) is 0 Å². The van der Waals surface area contributed by atoms with Crippen LogP contribution in [0.15, 0.2) is 48.5 Å². The van der Waals surface area contributed by atoms with E-state index < -0.39 is 0 Å². The Morgan fingerprint density at radius 3 is 2.36 bits per heavy atom. The quantitative estimate of drug-likeness (QED) is 0.864. The van der Waals surface area contributed by atoms with Gasteiger partial charge in [0.1, 0.15) is 5.82 Å². The summed E-state index contributed by atoms with van der Waals surface area (Å²) < 4.78 is 13.0. The number of hydrogen-bond donors (Lipinski definition) is 1. The fourth-order valence-corrected chi connectivity index (χ4v) is 3.40. The number of nitrogens with one attached hydrogen (secondary N) is 1. The Morgan fingerprint density at radius 1 is 1.07 bits per heavy atom. The Morgan fingerprint density at radius 2 is 1.71 bits per heavy atom. The van der Waals surface area contributed by atoms with Gasteiger partial charge in [0.25, 0.3) is 11.8 Å². The molecule has 6 heteroatoms. The molecule has 1 aliphatic heterocycles. The third kappa shape index (κ3) is 5.16. The number of rotatable bonds is 5. The normalized spacial score (nSPS) is 15.2. The van der Waals surface area contributed by atoms with Crippen LogP contribution in [0.4, 0.5) is 4.39 Å². The van der Waals surface area contributed by atoms with E-state index in [9.17, 15) is 14.0 Å². The van der Waals surface area contributed by atoms with Gasteiger partial charge in [-0.25, -0.2) is 4.39 Å². The second-order valence-corrected chi connectivity index (χ2v) is 7.43. The van der Waals surface area contributed by atoms with Crippen LogP contribution in [-0.2, 0) is 6.54 Å². The number of hydrogen-bond acceptors (Lipinski definition) is 3. The smallest absolute Gasteiger partial charge is 0.253 e. The van der Waals surface area contributed by atoms with Gasteiger partial charge < -0.3 is 10.2 Å². The monoisotopic (exact) mass is 383 g/mol. The van der Waals surface area contributed by atoms with Crippen LogP contribution in [0, 0.1) is 5.82 Å². The fourth-order valence-electron chi connectivity index (χ4n) is 3.40. The summed E-state index contributed by atoms with van der Waals surface area (Å²) in [5, 5.41) is 3.08. The molecule has 1 fully saturated rings. The van der Waals surface area contributed by atoms with E-state index in [0.717, 1.165) is 38.0 Å². The van der Waals surface area contributed by atoms with Crippen LogP contribution in [0.3, 0.4) is 0 Å². The van der Waals surface area contributed by atoms with E-state index in [-0.39, 0.29) is 23.7 Å². The van der Waals surface area contributed by atoms with Crippen LogP contribution in [0.5, 0.6) is 0 Å². The van der Waals surface area contributed by atoms with E-state index in [1.807, 2.05) is 12.1 Å². The lowest BCUT2D eigenvalue weighted by molar-refractivity contribution is 0.0827. The molecule has 0 atom stereocenters. The summed E-state index contributed by atoms with van der Waals surface area (Å²) in [6, 6.07) is 13.5. The lowest BCUT2D eigenvalue weighted by atomic mass is 10.0. The number of benzene rings is 2. The van der Waals surface area contributed by atoms with Gasteiger partial charge in [-0.3, -0.25) is 14.5 Å². The zero-order valence-corrected chi connectivity index (χ0v) is 16.3. The first-order valence-corrected chi connectivity index (χ1v) is 9.52. The van der Waals surface area contributed by atoms with Crippen LogP contribution in [0.2, 0.25) is 0 Å². The molecule has 2 aromatic rings. The first-order chi connectivity index (χ1) is 13.4. The standard InChI is InChI=1S/C22H26FN3O2/c1-25(2)22(28)18-5-3-4-17(14-18)21(27)24-20-10-12-26(13-11-20)15-16-6-8-19(23)9-7-16/h3-9,14,20H,10-13,15H2,1-2H3,(H,24,27). The van der Waals surface area contributed by atoms with Crippen molar-refractivity contribution in [2.75, 3.05) is 27.2 Å². The molecule has 1 heterocycles. The molecule has 0 saturated carbocycles. The maximum Gasteiger partial charge on any atom is 0.253 e. The number of halogens is 1. The molecule has 28 heavy (non-hydrogen) atoms. The molecule has 1 saturated heterocycles. The number of likely N-dealkylation sites (tertiary alicyclic amines) is 1. The minimum absolute atomic E-state index is 0.116. The van der Waals surface area contributed by atoms with Crippen molar-refractivity contribution >= 4 is 11.8 Å². The minimum atomic E-state index is -0.221. The third-order valence-electron chi connectivity index (χ3n) is 5.02. The number of amides is 2. The van der Waals surface area contributed by atoms with Crippen LogP contribution >= 0.6 is 0 Å². The number of carbonyl (C=O) groups is 2.